The highest BCUT2D eigenvalue weighted by atomic mass is 32.2. The largest absolute Gasteiger partial charge is 0.480 e. The Balaban J connectivity index is 2.24. The zero-order valence-corrected chi connectivity index (χ0v) is 12.2. The molecule has 1 aromatic rings. The van der Waals surface area contributed by atoms with E-state index < -0.39 is 11.5 Å². The summed E-state index contributed by atoms with van der Waals surface area (Å²) in [5.74, 6) is 0.163. The Kier molecular flexibility index (Phi) is 6.80. The standard InChI is InChI=1S/C13H21N3O2S/c1-3-16-13(2,12(17)18)7-4-5-9-19-11-6-8-14-10-15-11/h6,8,10,16H,3-5,7,9H2,1-2H3,(H,17,18). The molecule has 0 bridgehead atoms. The molecular weight excluding hydrogens is 262 g/mol. The van der Waals surface area contributed by atoms with Gasteiger partial charge >= 0.3 is 5.97 Å². The Bertz CT molecular complexity index is 389. The first kappa shape index (κ1) is 15.9. The highest BCUT2D eigenvalue weighted by Crippen LogP contribution is 2.19. The average molecular weight is 283 g/mol. The predicted octanol–water partition coefficient (Wildman–Crippen LogP) is 2.19. The van der Waals surface area contributed by atoms with Crippen LogP contribution >= 0.6 is 11.8 Å². The Hall–Kier alpha value is -1.14. The molecule has 19 heavy (non-hydrogen) atoms. The second-order valence-electron chi connectivity index (χ2n) is 4.52. The minimum Gasteiger partial charge on any atom is -0.480 e. The molecule has 0 radical (unpaired) electrons. The van der Waals surface area contributed by atoms with E-state index in [9.17, 15) is 9.90 Å². The van der Waals surface area contributed by atoms with Crippen LogP contribution in [-0.4, -0.2) is 38.9 Å². The molecule has 1 rings (SSSR count). The minimum atomic E-state index is -0.811. The number of aliphatic carboxylic acids is 1. The van der Waals surface area contributed by atoms with E-state index in [0.717, 1.165) is 23.6 Å². The van der Waals surface area contributed by atoms with E-state index in [-0.39, 0.29) is 0 Å². The first-order valence-electron chi connectivity index (χ1n) is 6.45. The number of nitrogens with zero attached hydrogens (tertiary/aromatic N) is 2. The van der Waals surface area contributed by atoms with Gasteiger partial charge in [0.2, 0.25) is 0 Å². The van der Waals surface area contributed by atoms with Gasteiger partial charge in [-0.25, -0.2) is 9.97 Å². The van der Waals surface area contributed by atoms with Gasteiger partial charge in [0, 0.05) is 6.20 Å². The molecule has 0 fully saturated rings. The molecule has 0 aliphatic rings. The fourth-order valence-corrected chi connectivity index (χ4v) is 2.62. The molecule has 1 atom stereocenters. The predicted molar refractivity (Wildman–Crippen MR) is 76.3 cm³/mol. The van der Waals surface area contributed by atoms with Gasteiger partial charge < -0.3 is 10.4 Å². The second kappa shape index (κ2) is 8.12. The summed E-state index contributed by atoms with van der Waals surface area (Å²) in [6, 6.07) is 1.88. The Morgan fingerprint density at radius 1 is 1.53 bits per heavy atom. The van der Waals surface area contributed by atoms with Crippen molar-refractivity contribution in [3.05, 3.63) is 18.6 Å². The minimum absolute atomic E-state index is 0.639. The molecule has 0 saturated heterocycles. The monoisotopic (exact) mass is 283 g/mol. The zero-order chi connectivity index (χ0) is 14.1. The van der Waals surface area contributed by atoms with E-state index in [0.29, 0.717) is 13.0 Å². The number of thioether (sulfide) groups is 1. The van der Waals surface area contributed by atoms with Crippen molar-refractivity contribution in [1.29, 1.82) is 0 Å². The molecule has 1 unspecified atom stereocenters. The second-order valence-corrected chi connectivity index (χ2v) is 5.64. The summed E-state index contributed by atoms with van der Waals surface area (Å²) in [5, 5.41) is 13.2. The van der Waals surface area contributed by atoms with Gasteiger partial charge in [-0.2, -0.15) is 0 Å². The summed E-state index contributed by atoms with van der Waals surface area (Å²) in [6.45, 7) is 4.33. The highest BCUT2D eigenvalue weighted by molar-refractivity contribution is 7.99. The summed E-state index contributed by atoms with van der Waals surface area (Å²) in [6.07, 6.45) is 5.76. The van der Waals surface area contributed by atoms with Crippen LogP contribution < -0.4 is 5.32 Å². The van der Waals surface area contributed by atoms with Crippen molar-refractivity contribution in [1.82, 2.24) is 15.3 Å². The van der Waals surface area contributed by atoms with Crippen molar-refractivity contribution in [3.8, 4) is 0 Å². The maximum atomic E-state index is 11.2. The third-order valence-electron chi connectivity index (χ3n) is 2.91. The first-order chi connectivity index (χ1) is 9.08. The van der Waals surface area contributed by atoms with Crippen molar-refractivity contribution in [2.24, 2.45) is 0 Å². The number of hydrogen-bond donors (Lipinski definition) is 2. The van der Waals surface area contributed by atoms with Gasteiger partial charge in [0.05, 0.1) is 5.03 Å². The molecule has 106 valence electrons. The highest BCUT2D eigenvalue weighted by Gasteiger charge is 2.30. The maximum absolute atomic E-state index is 11.2. The van der Waals surface area contributed by atoms with Gasteiger partial charge in [0.25, 0.3) is 0 Å². The fourth-order valence-electron chi connectivity index (χ4n) is 1.78. The summed E-state index contributed by atoms with van der Waals surface area (Å²) in [4.78, 5) is 19.2. The van der Waals surface area contributed by atoms with E-state index in [4.69, 9.17) is 0 Å². The van der Waals surface area contributed by atoms with Gasteiger partial charge in [0.1, 0.15) is 11.9 Å². The van der Waals surface area contributed by atoms with Crippen LogP contribution in [0, 0.1) is 0 Å². The Morgan fingerprint density at radius 2 is 2.32 bits per heavy atom. The van der Waals surface area contributed by atoms with E-state index in [1.165, 1.54) is 6.33 Å². The van der Waals surface area contributed by atoms with Crippen LogP contribution in [0.1, 0.15) is 33.1 Å². The lowest BCUT2D eigenvalue weighted by Gasteiger charge is -2.25. The number of carboxylic acids is 1. The molecule has 0 spiro atoms. The molecule has 0 aromatic carbocycles. The molecule has 1 heterocycles. The van der Waals surface area contributed by atoms with E-state index in [1.807, 2.05) is 13.0 Å². The summed E-state index contributed by atoms with van der Waals surface area (Å²) in [7, 11) is 0. The maximum Gasteiger partial charge on any atom is 0.323 e. The van der Waals surface area contributed by atoms with Crippen LogP contribution in [0.3, 0.4) is 0 Å². The van der Waals surface area contributed by atoms with Crippen LogP contribution in [0.25, 0.3) is 0 Å². The number of carbonyl (C=O) groups is 1. The van der Waals surface area contributed by atoms with Gasteiger partial charge in [-0.15, -0.1) is 11.8 Å². The van der Waals surface area contributed by atoms with Gasteiger partial charge in [-0.05, 0) is 38.1 Å². The van der Waals surface area contributed by atoms with Crippen molar-refractivity contribution in [2.45, 2.75) is 43.7 Å². The lowest BCUT2D eigenvalue weighted by atomic mass is 9.95. The van der Waals surface area contributed by atoms with Crippen LogP contribution in [0.2, 0.25) is 0 Å². The quantitative estimate of drug-likeness (QED) is 0.411. The average Bonchev–Trinajstić information content (AvgIpc) is 2.39. The molecular formula is C13H21N3O2S. The van der Waals surface area contributed by atoms with Crippen molar-refractivity contribution in [3.63, 3.8) is 0 Å². The van der Waals surface area contributed by atoms with E-state index >= 15 is 0 Å². The number of aromatic nitrogens is 2. The Morgan fingerprint density at radius 3 is 2.89 bits per heavy atom. The molecule has 6 heteroatoms. The van der Waals surface area contributed by atoms with Crippen LogP contribution in [0.4, 0.5) is 0 Å². The SMILES string of the molecule is CCNC(C)(CCCCSc1ccncn1)C(=O)O. The first-order valence-corrected chi connectivity index (χ1v) is 7.44. The number of rotatable bonds is 9. The summed E-state index contributed by atoms with van der Waals surface area (Å²) >= 11 is 1.67. The fraction of sp³-hybridized carbons (Fsp3) is 0.615. The van der Waals surface area contributed by atoms with Crippen LogP contribution in [0.15, 0.2) is 23.6 Å². The van der Waals surface area contributed by atoms with Crippen molar-refractivity contribution < 1.29 is 9.90 Å². The third kappa shape index (κ3) is 5.57. The van der Waals surface area contributed by atoms with Crippen molar-refractivity contribution in [2.75, 3.05) is 12.3 Å². The smallest absolute Gasteiger partial charge is 0.323 e. The third-order valence-corrected chi connectivity index (χ3v) is 3.94. The molecule has 1 aromatic heterocycles. The normalized spacial score (nSPS) is 14.0. The lowest BCUT2D eigenvalue weighted by Crippen LogP contribution is -2.49. The van der Waals surface area contributed by atoms with Crippen LogP contribution in [0.5, 0.6) is 0 Å². The van der Waals surface area contributed by atoms with Crippen molar-refractivity contribution >= 4 is 17.7 Å². The molecule has 5 nitrogen and oxygen atoms in total. The molecule has 0 amide bonds. The number of hydrogen-bond acceptors (Lipinski definition) is 5. The molecule has 0 aliphatic heterocycles. The molecule has 0 aliphatic carbocycles. The van der Waals surface area contributed by atoms with Gasteiger partial charge in [0.15, 0.2) is 0 Å². The lowest BCUT2D eigenvalue weighted by molar-refractivity contribution is -0.144. The molecule has 0 saturated carbocycles. The number of carboxylic acid groups (broad SMARTS) is 1. The van der Waals surface area contributed by atoms with Gasteiger partial charge in [-0.3, -0.25) is 4.79 Å². The summed E-state index contributed by atoms with van der Waals surface area (Å²) in [5.41, 5.74) is -0.811. The summed E-state index contributed by atoms with van der Waals surface area (Å²) < 4.78 is 0. The van der Waals surface area contributed by atoms with E-state index in [2.05, 4.69) is 15.3 Å². The van der Waals surface area contributed by atoms with E-state index in [1.54, 1.807) is 24.9 Å². The molecule has 2 N–H and O–H groups in total. The number of likely N-dealkylation sites (N-methyl/N-ethyl adjacent to an activating group) is 1. The number of unbranched alkanes of at least 4 members (excludes halogenated alkanes) is 1. The van der Waals surface area contributed by atoms with Crippen LogP contribution in [-0.2, 0) is 4.79 Å². The van der Waals surface area contributed by atoms with Gasteiger partial charge in [-0.1, -0.05) is 13.3 Å². The zero-order valence-electron chi connectivity index (χ0n) is 11.4. The Labute approximate surface area is 118 Å². The topological polar surface area (TPSA) is 75.1 Å². The number of nitrogens with one attached hydrogen (secondary N) is 1.